The molecular formula is C20H20N6O3. The monoisotopic (exact) mass is 392 g/mol. The van der Waals surface area contributed by atoms with Gasteiger partial charge < -0.3 is 14.0 Å². The maximum Gasteiger partial charge on any atom is 0.338 e. The van der Waals surface area contributed by atoms with Gasteiger partial charge in [-0.2, -0.15) is 0 Å². The molecule has 0 radical (unpaired) electrons. The zero-order valence-corrected chi connectivity index (χ0v) is 16.1. The van der Waals surface area contributed by atoms with E-state index in [0.717, 1.165) is 12.0 Å². The van der Waals surface area contributed by atoms with Crippen molar-refractivity contribution in [2.75, 3.05) is 0 Å². The van der Waals surface area contributed by atoms with E-state index in [1.54, 1.807) is 24.3 Å². The standard InChI is InChI=1S/C20H20N6O3/c1-3-14-9-15(29-20(27)13-7-5-4-6-8-13)19(28-14)26-10-12(2)16-17(24-25-21)22-11-23-18(16)26/h4-8,10-11,14-15,19H,3,9H2,1-2H3/t14-,15-,19-/m1/s1. The van der Waals surface area contributed by atoms with Gasteiger partial charge in [0.1, 0.15) is 23.9 Å². The fourth-order valence-electron chi connectivity index (χ4n) is 3.67. The van der Waals surface area contributed by atoms with Crippen molar-refractivity contribution in [3.63, 3.8) is 0 Å². The molecule has 1 aliphatic rings. The van der Waals surface area contributed by atoms with Gasteiger partial charge in [0.25, 0.3) is 0 Å². The Morgan fingerprint density at radius 2 is 2.17 bits per heavy atom. The number of ether oxygens (including phenoxy) is 2. The molecular weight excluding hydrogens is 372 g/mol. The molecule has 1 aliphatic heterocycles. The molecule has 1 aromatic carbocycles. The summed E-state index contributed by atoms with van der Waals surface area (Å²) in [5.74, 6) is -0.129. The zero-order chi connectivity index (χ0) is 20.4. The predicted molar refractivity (Wildman–Crippen MR) is 106 cm³/mol. The van der Waals surface area contributed by atoms with Crippen LogP contribution in [0.2, 0.25) is 0 Å². The number of hydrogen-bond acceptors (Lipinski definition) is 6. The summed E-state index contributed by atoms with van der Waals surface area (Å²) in [4.78, 5) is 23.9. The molecule has 9 nitrogen and oxygen atoms in total. The fourth-order valence-corrected chi connectivity index (χ4v) is 3.67. The minimum absolute atomic E-state index is 0.0373. The van der Waals surface area contributed by atoms with Crippen molar-refractivity contribution in [3.8, 4) is 0 Å². The molecule has 2 aromatic heterocycles. The topological polar surface area (TPSA) is 115 Å². The van der Waals surface area contributed by atoms with E-state index in [2.05, 4.69) is 20.0 Å². The Morgan fingerprint density at radius 3 is 2.90 bits per heavy atom. The second kappa shape index (κ2) is 7.90. The van der Waals surface area contributed by atoms with Crippen molar-refractivity contribution in [1.82, 2.24) is 14.5 Å². The van der Waals surface area contributed by atoms with Crippen LogP contribution in [0, 0.1) is 6.92 Å². The summed E-state index contributed by atoms with van der Waals surface area (Å²) in [6.45, 7) is 3.92. The van der Waals surface area contributed by atoms with Crippen LogP contribution in [0.25, 0.3) is 21.5 Å². The molecule has 3 atom stereocenters. The molecule has 0 N–H and O–H groups in total. The van der Waals surface area contributed by atoms with Crippen LogP contribution in [-0.4, -0.2) is 32.7 Å². The van der Waals surface area contributed by atoms with E-state index in [1.807, 2.05) is 30.7 Å². The Hall–Kier alpha value is -3.42. The van der Waals surface area contributed by atoms with Crippen LogP contribution in [-0.2, 0) is 9.47 Å². The highest BCUT2D eigenvalue weighted by Gasteiger charge is 2.39. The lowest BCUT2D eigenvalue weighted by molar-refractivity contribution is -0.0465. The Bertz CT molecular complexity index is 1090. The zero-order valence-electron chi connectivity index (χ0n) is 16.1. The first kappa shape index (κ1) is 18.9. The van der Waals surface area contributed by atoms with Gasteiger partial charge in [0.2, 0.25) is 0 Å². The van der Waals surface area contributed by atoms with Crippen molar-refractivity contribution < 1.29 is 14.3 Å². The van der Waals surface area contributed by atoms with Crippen LogP contribution in [0.3, 0.4) is 0 Å². The van der Waals surface area contributed by atoms with E-state index in [0.29, 0.717) is 23.0 Å². The second-order valence-corrected chi connectivity index (χ2v) is 6.91. The molecule has 3 heterocycles. The van der Waals surface area contributed by atoms with Crippen LogP contribution < -0.4 is 0 Å². The number of fused-ring (bicyclic) bond motifs is 1. The quantitative estimate of drug-likeness (QED) is 0.272. The third-order valence-corrected chi connectivity index (χ3v) is 5.06. The Kier molecular flexibility index (Phi) is 5.16. The van der Waals surface area contributed by atoms with Gasteiger partial charge in [-0.05, 0) is 41.7 Å². The predicted octanol–water partition coefficient (Wildman–Crippen LogP) is 4.60. The molecule has 1 fully saturated rings. The minimum atomic E-state index is -0.530. The van der Waals surface area contributed by atoms with Crippen molar-refractivity contribution in [2.45, 2.75) is 45.1 Å². The van der Waals surface area contributed by atoms with Crippen LogP contribution in [0.1, 0.15) is 41.9 Å². The van der Waals surface area contributed by atoms with Crippen LogP contribution in [0.4, 0.5) is 5.82 Å². The lowest BCUT2D eigenvalue weighted by Crippen LogP contribution is -2.25. The fraction of sp³-hybridized carbons (Fsp3) is 0.350. The van der Waals surface area contributed by atoms with E-state index in [4.69, 9.17) is 15.0 Å². The van der Waals surface area contributed by atoms with E-state index in [1.165, 1.54) is 6.33 Å². The number of benzene rings is 1. The minimum Gasteiger partial charge on any atom is -0.454 e. The molecule has 9 heteroatoms. The second-order valence-electron chi connectivity index (χ2n) is 6.91. The molecule has 0 bridgehead atoms. The number of rotatable bonds is 5. The lowest BCUT2D eigenvalue weighted by Gasteiger charge is -2.21. The number of carbonyl (C=O) groups excluding carboxylic acids is 1. The van der Waals surface area contributed by atoms with Crippen molar-refractivity contribution >= 4 is 22.8 Å². The van der Waals surface area contributed by atoms with E-state index < -0.39 is 18.3 Å². The molecule has 0 amide bonds. The van der Waals surface area contributed by atoms with E-state index >= 15 is 0 Å². The number of esters is 1. The molecule has 0 aliphatic carbocycles. The van der Waals surface area contributed by atoms with Gasteiger partial charge in [-0.25, -0.2) is 14.8 Å². The number of nitrogens with zero attached hydrogens (tertiary/aromatic N) is 6. The van der Waals surface area contributed by atoms with Crippen LogP contribution in [0.5, 0.6) is 0 Å². The van der Waals surface area contributed by atoms with Crippen molar-refractivity contribution in [1.29, 1.82) is 0 Å². The summed E-state index contributed by atoms with van der Waals surface area (Å²) in [5.41, 5.74) is 10.7. The van der Waals surface area contributed by atoms with Gasteiger partial charge in [-0.1, -0.05) is 25.1 Å². The van der Waals surface area contributed by atoms with Gasteiger partial charge >= 0.3 is 5.97 Å². The van der Waals surface area contributed by atoms with Crippen LogP contribution in [0.15, 0.2) is 48.0 Å². The summed E-state index contributed by atoms with van der Waals surface area (Å²) < 4.78 is 13.8. The van der Waals surface area contributed by atoms with Crippen molar-refractivity contribution in [2.24, 2.45) is 5.11 Å². The molecule has 0 spiro atoms. The largest absolute Gasteiger partial charge is 0.454 e. The molecule has 0 unspecified atom stereocenters. The average molecular weight is 392 g/mol. The summed E-state index contributed by atoms with van der Waals surface area (Å²) in [5, 5.41) is 4.32. The molecule has 4 rings (SSSR count). The van der Waals surface area contributed by atoms with Gasteiger partial charge in [0.05, 0.1) is 17.1 Å². The lowest BCUT2D eigenvalue weighted by atomic mass is 10.1. The maximum atomic E-state index is 12.6. The normalized spacial score (nSPS) is 21.1. The van der Waals surface area contributed by atoms with Gasteiger partial charge in [0, 0.05) is 17.5 Å². The first-order valence-corrected chi connectivity index (χ1v) is 9.41. The number of hydrogen-bond donors (Lipinski definition) is 0. The Labute approximate surface area is 166 Å². The first-order chi connectivity index (χ1) is 14.1. The molecule has 0 saturated carbocycles. The van der Waals surface area contributed by atoms with Crippen LogP contribution >= 0.6 is 0 Å². The molecule has 148 valence electrons. The smallest absolute Gasteiger partial charge is 0.338 e. The van der Waals surface area contributed by atoms with Gasteiger partial charge in [-0.3, -0.25) is 0 Å². The van der Waals surface area contributed by atoms with E-state index in [-0.39, 0.29) is 11.9 Å². The molecule has 3 aromatic rings. The van der Waals surface area contributed by atoms with Gasteiger partial charge in [0.15, 0.2) is 6.23 Å². The summed E-state index contributed by atoms with van der Waals surface area (Å²) in [6, 6.07) is 8.88. The number of aromatic nitrogens is 3. The van der Waals surface area contributed by atoms with Gasteiger partial charge in [-0.15, -0.1) is 0 Å². The first-order valence-electron chi connectivity index (χ1n) is 9.41. The summed E-state index contributed by atoms with van der Waals surface area (Å²) in [7, 11) is 0. The SMILES string of the molecule is CC[C@@H]1C[C@@H](OC(=O)c2ccccc2)[C@H](n2cc(C)c3c(N=[N+]=[N-])ncnc32)O1. The third-order valence-electron chi connectivity index (χ3n) is 5.06. The number of azide groups is 1. The average Bonchev–Trinajstić information content (AvgIpc) is 3.30. The number of carbonyl (C=O) groups is 1. The van der Waals surface area contributed by atoms with E-state index in [9.17, 15) is 4.79 Å². The maximum absolute atomic E-state index is 12.6. The highest BCUT2D eigenvalue weighted by molar-refractivity contribution is 5.90. The number of aryl methyl sites for hydroxylation is 1. The Morgan fingerprint density at radius 1 is 1.38 bits per heavy atom. The summed E-state index contributed by atoms with van der Waals surface area (Å²) >= 11 is 0. The highest BCUT2D eigenvalue weighted by atomic mass is 16.6. The molecule has 1 saturated heterocycles. The molecule has 29 heavy (non-hydrogen) atoms. The summed E-state index contributed by atoms with van der Waals surface area (Å²) in [6.07, 6.45) is 3.56. The Balaban J connectivity index is 1.71. The third kappa shape index (κ3) is 3.53. The highest BCUT2D eigenvalue weighted by Crippen LogP contribution is 2.37. The van der Waals surface area contributed by atoms with Crippen molar-refractivity contribution in [3.05, 3.63) is 64.4 Å².